The van der Waals surface area contributed by atoms with Crippen molar-refractivity contribution in [2.75, 3.05) is 0 Å². The van der Waals surface area contributed by atoms with E-state index in [9.17, 15) is 0 Å². The summed E-state index contributed by atoms with van der Waals surface area (Å²) in [6, 6.07) is 8.67. The van der Waals surface area contributed by atoms with Crippen LogP contribution in [0, 0.1) is 6.92 Å². The third kappa shape index (κ3) is 3.38. The lowest BCUT2D eigenvalue weighted by Crippen LogP contribution is -1.86. The molecule has 0 saturated heterocycles. The lowest BCUT2D eigenvalue weighted by atomic mass is 10.0. The molecule has 0 heterocycles. The molecule has 0 aliphatic heterocycles. The second-order valence-electron chi connectivity index (χ2n) is 3.07. The smallest absolute Gasteiger partial charge is 0.0219 e. The van der Waals surface area contributed by atoms with Crippen LogP contribution in [0.3, 0.4) is 0 Å². The molecule has 0 amide bonds. The molecule has 0 fully saturated rings. The topological polar surface area (TPSA) is 0 Å². The second kappa shape index (κ2) is 5.59. The van der Waals surface area contributed by atoms with Crippen molar-refractivity contribution < 1.29 is 0 Å². The first kappa shape index (κ1) is 11.0. The van der Waals surface area contributed by atoms with Gasteiger partial charge >= 0.3 is 0 Å². The Kier molecular flexibility index (Phi) is 5.11. The Balaban J connectivity index is 0.000000561. The summed E-state index contributed by atoms with van der Waals surface area (Å²) in [4.78, 5) is 0. The van der Waals surface area contributed by atoms with Crippen LogP contribution in [0.4, 0.5) is 0 Å². The van der Waals surface area contributed by atoms with E-state index in [0.29, 0.717) is 5.92 Å². The van der Waals surface area contributed by atoms with Crippen molar-refractivity contribution in [1.29, 1.82) is 0 Å². The number of aryl methyl sites for hydroxylation is 1. The van der Waals surface area contributed by atoms with Gasteiger partial charge in [0.2, 0.25) is 0 Å². The van der Waals surface area contributed by atoms with Crippen molar-refractivity contribution in [2.45, 2.75) is 26.7 Å². The Morgan fingerprint density at radius 2 is 1.75 bits per heavy atom. The summed E-state index contributed by atoms with van der Waals surface area (Å²) >= 11 is 0. The van der Waals surface area contributed by atoms with E-state index in [1.165, 1.54) is 11.1 Å². The number of hydrogen-bond donors (Lipinski definition) is 0. The van der Waals surface area contributed by atoms with Gasteiger partial charge in [-0.3, -0.25) is 0 Å². The highest BCUT2D eigenvalue weighted by Gasteiger charge is 1.96. The molecule has 0 aliphatic carbocycles. The highest BCUT2D eigenvalue weighted by atomic mass is 14.0. The maximum atomic E-state index is 3.00. The largest absolute Gasteiger partial charge is 0.106 e. The minimum Gasteiger partial charge on any atom is -0.106 e. The molecule has 0 atom stereocenters. The Morgan fingerprint density at radius 3 is 2.08 bits per heavy atom. The van der Waals surface area contributed by atoms with Gasteiger partial charge in [-0.15, -0.1) is 13.2 Å². The summed E-state index contributed by atoms with van der Waals surface area (Å²) in [5.41, 5.74) is 2.78. The first-order valence-corrected chi connectivity index (χ1v) is 4.26. The lowest BCUT2D eigenvalue weighted by molar-refractivity contribution is 0.865. The predicted molar refractivity (Wildman–Crippen MR) is 56.5 cm³/mol. The second-order valence-corrected chi connectivity index (χ2v) is 3.07. The molecule has 1 aromatic carbocycles. The highest BCUT2D eigenvalue weighted by molar-refractivity contribution is 5.24. The maximum absolute atomic E-state index is 3.00. The number of hydrogen-bond acceptors (Lipinski definition) is 0. The summed E-state index contributed by atoms with van der Waals surface area (Å²) < 4.78 is 0. The summed E-state index contributed by atoms with van der Waals surface area (Å²) in [5.74, 6) is 0.653. The van der Waals surface area contributed by atoms with E-state index in [4.69, 9.17) is 0 Å². The Morgan fingerprint density at radius 1 is 1.17 bits per heavy atom. The Bertz CT molecular complexity index is 223. The average Bonchev–Trinajstić information content (AvgIpc) is 2.08. The van der Waals surface area contributed by atoms with Crippen LogP contribution >= 0.6 is 0 Å². The van der Waals surface area contributed by atoms with E-state index in [-0.39, 0.29) is 0 Å². The zero-order chi connectivity index (χ0) is 9.56. The van der Waals surface area contributed by atoms with E-state index in [1.54, 1.807) is 0 Å². The van der Waals surface area contributed by atoms with Crippen molar-refractivity contribution >= 4 is 0 Å². The van der Waals surface area contributed by atoms with Crippen molar-refractivity contribution in [3.8, 4) is 0 Å². The van der Waals surface area contributed by atoms with Gasteiger partial charge in [-0.2, -0.15) is 0 Å². The Hall–Kier alpha value is -1.04. The van der Waals surface area contributed by atoms with Gasteiger partial charge in [0.1, 0.15) is 0 Å². The molecule has 0 aromatic heterocycles. The fraction of sp³-hybridized carbons (Fsp3) is 0.333. The van der Waals surface area contributed by atoms with Gasteiger partial charge < -0.3 is 0 Å². The highest BCUT2D eigenvalue weighted by Crippen LogP contribution is 2.14. The average molecular weight is 162 g/mol. The van der Waals surface area contributed by atoms with Gasteiger partial charge in [-0.25, -0.2) is 0 Å². The lowest BCUT2D eigenvalue weighted by Gasteiger charge is -2.04. The fourth-order valence-electron chi connectivity index (χ4n) is 1.03. The molecule has 66 valence electrons. The van der Waals surface area contributed by atoms with Crippen LogP contribution in [-0.4, -0.2) is 0 Å². The monoisotopic (exact) mass is 162 g/mol. The predicted octanol–water partition coefficient (Wildman–Crippen LogP) is 3.92. The minimum absolute atomic E-state index is 0.653. The molecule has 12 heavy (non-hydrogen) atoms. The Labute approximate surface area is 75.9 Å². The van der Waals surface area contributed by atoms with Crippen LogP contribution in [0.25, 0.3) is 0 Å². The van der Waals surface area contributed by atoms with E-state index >= 15 is 0 Å². The molecular formula is C12H18. The molecule has 0 spiro atoms. The summed E-state index contributed by atoms with van der Waals surface area (Å²) in [6.07, 6.45) is 0. The molecule has 0 N–H and O–H groups in total. The van der Waals surface area contributed by atoms with Crippen molar-refractivity contribution in [3.05, 3.63) is 48.6 Å². The zero-order valence-electron chi connectivity index (χ0n) is 8.30. The standard InChI is InChI=1S/C10H14.C2H4/c1-8(2)10-6-4-5-9(3)7-10;1-2/h4-8H,1-3H3;1-2H2. The molecular weight excluding hydrogens is 144 g/mol. The van der Waals surface area contributed by atoms with Crippen LogP contribution in [0.2, 0.25) is 0 Å². The van der Waals surface area contributed by atoms with E-state index < -0.39 is 0 Å². The minimum atomic E-state index is 0.653. The molecule has 0 bridgehead atoms. The third-order valence-electron chi connectivity index (χ3n) is 1.71. The molecule has 0 nitrogen and oxygen atoms in total. The van der Waals surface area contributed by atoms with Crippen molar-refractivity contribution in [1.82, 2.24) is 0 Å². The molecule has 0 radical (unpaired) electrons. The van der Waals surface area contributed by atoms with Gasteiger partial charge in [0, 0.05) is 0 Å². The first-order valence-electron chi connectivity index (χ1n) is 4.26. The van der Waals surface area contributed by atoms with Gasteiger partial charge in [0.05, 0.1) is 0 Å². The van der Waals surface area contributed by atoms with Crippen LogP contribution in [0.1, 0.15) is 30.9 Å². The summed E-state index contributed by atoms with van der Waals surface area (Å²) in [7, 11) is 0. The van der Waals surface area contributed by atoms with Crippen LogP contribution in [0.5, 0.6) is 0 Å². The van der Waals surface area contributed by atoms with Crippen LogP contribution in [-0.2, 0) is 0 Å². The van der Waals surface area contributed by atoms with Gasteiger partial charge in [-0.05, 0) is 18.4 Å². The van der Waals surface area contributed by atoms with Gasteiger partial charge in [-0.1, -0.05) is 43.7 Å². The third-order valence-corrected chi connectivity index (χ3v) is 1.71. The molecule has 1 aromatic rings. The van der Waals surface area contributed by atoms with Crippen LogP contribution in [0.15, 0.2) is 37.4 Å². The van der Waals surface area contributed by atoms with E-state index in [0.717, 1.165) is 0 Å². The van der Waals surface area contributed by atoms with Gasteiger partial charge in [0.25, 0.3) is 0 Å². The molecule has 1 rings (SSSR count). The van der Waals surface area contributed by atoms with Crippen molar-refractivity contribution in [3.63, 3.8) is 0 Å². The molecule has 0 unspecified atom stereocenters. The van der Waals surface area contributed by atoms with Crippen molar-refractivity contribution in [2.24, 2.45) is 0 Å². The number of rotatable bonds is 1. The molecule has 0 aliphatic rings. The first-order chi connectivity index (χ1) is 5.70. The maximum Gasteiger partial charge on any atom is -0.0219 e. The summed E-state index contributed by atoms with van der Waals surface area (Å²) in [6.45, 7) is 12.6. The van der Waals surface area contributed by atoms with E-state index in [2.05, 4.69) is 58.2 Å². The SMILES string of the molecule is C=C.Cc1cccc(C(C)C)c1. The zero-order valence-corrected chi connectivity index (χ0v) is 8.30. The molecule has 0 saturated carbocycles. The fourth-order valence-corrected chi connectivity index (χ4v) is 1.03. The summed E-state index contributed by atoms with van der Waals surface area (Å²) in [5, 5.41) is 0. The van der Waals surface area contributed by atoms with Gasteiger partial charge in [0.15, 0.2) is 0 Å². The normalized spacial score (nSPS) is 9.00. The number of benzene rings is 1. The quantitative estimate of drug-likeness (QED) is 0.549. The van der Waals surface area contributed by atoms with Crippen LogP contribution < -0.4 is 0 Å². The van der Waals surface area contributed by atoms with E-state index in [1.807, 2.05) is 0 Å². The molecule has 0 heteroatoms.